The lowest BCUT2D eigenvalue weighted by Crippen LogP contribution is -2.30. The second kappa shape index (κ2) is 7.69. The molecule has 0 aromatic carbocycles. The van der Waals surface area contributed by atoms with E-state index in [1.54, 1.807) is 0 Å². The Labute approximate surface area is 158 Å². The molecule has 4 rings (SSSR count). The van der Waals surface area contributed by atoms with E-state index in [9.17, 15) is 0 Å². The molecule has 1 aliphatic heterocycles. The number of hydrogen-bond donors (Lipinski definition) is 3. The van der Waals surface area contributed by atoms with E-state index in [-0.39, 0.29) is 5.92 Å². The fourth-order valence-corrected chi connectivity index (χ4v) is 3.30. The monoisotopic (exact) mass is 367 g/mol. The fraction of sp³-hybridized carbons (Fsp3) is 0.421. The smallest absolute Gasteiger partial charge is 0.263 e. The molecule has 3 N–H and O–H groups in total. The highest BCUT2D eigenvalue weighted by Crippen LogP contribution is 2.26. The Morgan fingerprint density at radius 1 is 1.19 bits per heavy atom. The average Bonchev–Trinajstić information content (AvgIpc) is 3.33. The van der Waals surface area contributed by atoms with Gasteiger partial charge in [-0.15, -0.1) is 0 Å². The zero-order valence-electron chi connectivity index (χ0n) is 15.6. The van der Waals surface area contributed by atoms with Crippen molar-refractivity contribution in [2.75, 3.05) is 15.6 Å². The molecule has 0 saturated heterocycles. The number of allylic oxidation sites excluding steroid dienone is 2. The molecule has 1 saturated carbocycles. The van der Waals surface area contributed by atoms with Gasteiger partial charge in [-0.2, -0.15) is 4.98 Å². The number of hydrazine groups is 1. The van der Waals surface area contributed by atoms with Gasteiger partial charge in [0.2, 0.25) is 5.89 Å². The van der Waals surface area contributed by atoms with Crippen LogP contribution in [0.1, 0.15) is 44.9 Å². The van der Waals surface area contributed by atoms with Crippen LogP contribution in [-0.4, -0.2) is 27.2 Å². The van der Waals surface area contributed by atoms with Crippen LogP contribution >= 0.6 is 0 Å². The molecule has 27 heavy (non-hydrogen) atoms. The summed E-state index contributed by atoms with van der Waals surface area (Å²) in [6.45, 7) is 4.08. The first-order chi connectivity index (χ1) is 13.2. The molecule has 0 unspecified atom stereocenters. The van der Waals surface area contributed by atoms with Crippen LogP contribution in [0, 0.1) is 0 Å². The SMILES string of the molecule is CC(C)c1nc(N[C@H]2CC[C@H](Nc3ccc(N4C=CC=CN4)cn3)C2)no1. The van der Waals surface area contributed by atoms with Crippen LogP contribution in [0.3, 0.4) is 0 Å². The standard InChI is InChI=1S/C19H25N7O/c1-13(2)18-24-19(25-27-18)23-15-6-5-14(11-15)22-17-8-7-16(12-20-17)26-10-4-3-9-21-26/h3-4,7-10,12-15,21H,5-6,11H2,1-2H3,(H,20,22)(H,23,25)/t14-,15-/m0/s1. The minimum absolute atomic E-state index is 0.242. The molecule has 0 spiro atoms. The largest absolute Gasteiger partial charge is 0.367 e. The van der Waals surface area contributed by atoms with Gasteiger partial charge in [0.25, 0.3) is 5.95 Å². The van der Waals surface area contributed by atoms with Crippen LogP contribution in [0.5, 0.6) is 0 Å². The second-order valence-electron chi connectivity index (χ2n) is 7.21. The molecule has 2 aliphatic rings. The molecule has 3 heterocycles. The Balaban J connectivity index is 1.29. The Hall–Kier alpha value is -3.03. The van der Waals surface area contributed by atoms with E-state index in [0.29, 0.717) is 23.9 Å². The molecule has 8 nitrogen and oxygen atoms in total. The van der Waals surface area contributed by atoms with E-state index in [4.69, 9.17) is 4.52 Å². The number of pyridine rings is 1. The predicted octanol–water partition coefficient (Wildman–Crippen LogP) is 3.39. The molecule has 2 atom stereocenters. The Morgan fingerprint density at radius 2 is 2.04 bits per heavy atom. The van der Waals surface area contributed by atoms with Crippen molar-refractivity contribution < 1.29 is 4.52 Å². The highest BCUT2D eigenvalue weighted by Gasteiger charge is 2.26. The van der Waals surface area contributed by atoms with Crippen molar-refractivity contribution in [3.05, 3.63) is 48.8 Å². The zero-order valence-corrected chi connectivity index (χ0v) is 15.6. The average molecular weight is 367 g/mol. The van der Waals surface area contributed by atoms with E-state index < -0.39 is 0 Å². The first-order valence-electron chi connectivity index (χ1n) is 9.39. The van der Waals surface area contributed by atoms with Gasteiger partial charge in [0, 0.05) is 30.4 Å². The van der Waals surface area contributed by atoms with Crippen LogP contribution in [-0.2, 0) is 0 Å². The molecule has 1 fully saturated rings. The summed E-state index contributed by atoms with van der Waals surface area (Å²) in [6.07, 6.45) is 12.8. The zero-order chi connectivity index (χ0) is 18.6. The van der Waals surface area contributed by atoms with Gasteiger partial charge in [0.05, 0.1) is 11.9 Å². The second-order valence-corrected chi connectivity index (χ2v) is 7.21. The lowest BCUT2D eigenvalue weighted by Gasteiger charge is -2.22. The molecule has 0 radical (unpaired) electrons. The fourth-order valence-electron chi connectivity index (χ4n) is 3.30. The van der Waals surface area contributed by atoms with Crippen LogP contribution in [0.15, 0.2) is 47.4 Å². The Bertz CT molecular complexity index is 812. The van der Waals surface area contributed by atoms with Crippen LogP contribution in [0.25, 0.3) is 0 Å². The summed E-state index contributed by atoms with van der Waals surface area (Å²) in [5.74, 6) is 2.39. The molecule has 8 heteroatoms. The normalized spacial score (nSPS) is 21.5. The first kappa shape index (κ1) is 17.4. The molecular formula is C19H25N7O. The lowest BCUT2D eigenvalue weighted by atomic mass is 10.2. The predicted molar refractivity (Wildman–Crippen MR) is 105 cm³/mol. The summed E-state index contributed by atoms with van der Waals surface area (Å²) >= 11 is 0. The van der Waals surface area contributed by atoms with Crippen molar-refractivity contribution in [2.45, 2.75) is 51.1 Å². The maximum Gasteiger partial charge on any atom is 0.263 e. The van der Waals surface area contributed by atoms with E-state index in [1.807, 2.05) is 61.7 Å². The number of rotatable bonds is 6. The molecule has 2 aromatic heterocycles. The maximum atomic E-state index is 5.25. The van der Waals surface area contributed by atoms with Gasteiger partial charge in [-0.1, -0.05) is 13.8 Å². The first-order valence-corrected chi connectivity index (χ1v) is 9.39. The third kappa shape index (κ3) is 4.21. The summed E-state index contributed by atoms with van der Waals surface area (Å²) in [5, 5.41) is 12.8. The van der Waals surface area contributed by atoms with Gasteiger partial charge in [-0.25, -0.2) is 4.98 Å². The highest BCUT2D eigenvalue weighted by molar-refractivity contribution is 5.52. The van der Waals surface area contributed by atoms with Crippen LogP contribution in [0.2, 0.25) is 0 Å². The van der Waals surface area contributed by atoms with Gasteiger partial charge in [-0.3, -0.25) is 5.01 Å². The third-order valence-electron chi connectivity index (χ3n) is 4.74. The lowest BCUT2D eigenvalue weighted by molar-refractivity contribution is 0.365. The van der Waals surface area contributed by atoms with Gasteiger partial charge >= 0.3 is 0 Å². The molecular weight excluding hydrogens is 342 g/mol. The van der Waals surface area contributed by atoms with Crippen LogP contribution in [0.4, 0.5) is 17.5 Å². The number of nitrogens with one attached hydrogen (secondary N) is 3. The highest BCUT2D eigenvalue weighted by atomic mass is 16.5. The quantitative estimate of drug-likeness (QED) is 0.716. The third-order valence-corrected chi connectivity index (χ3v) is 4.74. The number of nitrogens with zero attached hydrogens (tertiary/aromatic N) is 4. The summed E-state index contributed by atoms with van der Waals surface area (Å²) in [6, 6.07) is 4.78. The van der Waals surface area contributed by atoms with Crippen molar-refractivity contribution in [2.24, 2.45) is 0 Å². The Morgan fingerprint density at radius 3 is 2.70 bits per heavy atom. The molecule has 1 aliphatic carbocycles. The number of hydrogen-bond acceptors (Lipinski definition) is 8. The van der Waals surface area contributed by atoms with Crippen LogP contribution < -0.4 is 21.1 Å². The molecule has 0 amide bonds. The van der Waals surface area contributed by atoms with Crippen molar-refractivity contribution in [1.82, 2.24) is 20.6 Å². The minimum atomic E-state index is 0.242. The minimum Gasteiger partial charge on any atom is -0.367 e. The van der Waals surface area contributed by atoms with E-state index >= 15 is 0 Å². The molecule has 142 valence electrons. The number of aromatic nitrogens is 3. The van der Waals surface area contributed by atoms with Gasteiger partial charge < -0.3 is 20.6 Å². The van der Waals surface area contributed by atoms with E-state index in [0.717, 1.165) is 30.8 Å². The summed E-state index contributed by atoms with van der Waals surface area (Å²) in [4.78, 5) is 8.93. The van der Waals surface area contributed by atoms with Crippen molar-refractivity contribution in [1.29, 1.82) is 0 Å². The summed E-state index contributed by atoms with van der Waals surface area (Å²) in [5.41, 5.74) is 4.13. The molecule has 2 aromatic rings. The van der Waals surface area contributed by atoms with Gasteiger partial charge in [0.1, 0.15) is 5.82 Å². The van der Waals surface area contributed by atoms with E-state index in [1.165, 1.54) is 0 Å². The van der Waals surface area contributed by atoms with Gasteiger partial charge in [-0.05, 0) is 48.7 Å². The van der Waals surface area contributed by atoms with E-state index in [2.05, 4.69) is 31.2 Å². The summed E-state index contributed by atoms with van der Waals surface area (Å²) in [7, 11) is 0. The Kier molecular flexibility index (Phi) is 4.95. The van der Waals surface area contributed by atoms with Crippen molar-refractivity contribution in [3.63, 3.8) is 0 Å². The number of anilines is 3. The maximum absolute atomic E-state index is 5.25. The topological polar surface area (TPSA) is 91.1 Å². The van der Waals surface area contributed by atoms with Gasteiger partial charge in [0.15, 0.2) is 0 Å². The summed E-state index contributed by atoms with van der Waals surface area (Å²) < 4.78 is 5.25. The molecule has 0 bridgehead atoms. The van der Waals surface area contributed by atoms with Crippen molar-refractivity contribution >= 4 is 17.5 Å². The van der Waals surface area contributed by atoms with Crippen molar-refractivity contribution in [3.8, 4) is 0 Å².